The number of fused-ring (bicyclic) bond motifs is 7. The molecular weight excluding hydrogens is 1010 g/mol. The molecule has 0 amide bonds. The highest BCUT2D eigenvalue weighted by molar-refractivity contribution is 6.13. The van der Waals surface area contributed by atoms with E-state index in [1.54, 1.807) is 0 Å². The molecule has 3 nitrogen and oxygen atoms in total. The van der Waals surface area contributed by atoms with Crippen LogP contribution in [-0.4, -0.2) is 10.2 Å². The number of furan rings is 1. The van der Waals surface area contributed by atoms with E-state index >= 15 is 0 Å². The topological polar surface area (TPSA) is 53.6 Å². The monoisotopic (exact) mass is 1110 g/mol. The zero-order chi connectivity index (χ0) is 57.9. The molecule has 0 unspecified atom stereocenters. The van der Waals surface area contributed by atoms with Gasteiger partial charge in [0.15, 0.2) is 0 Å². The molecule has 1 aromatic heterocycles. The molecule has 0 atom stereocenters. The Morgan fingerprint density at radius 3 is 0.759 bits per heavy atom. The lowest BCUT2D eigenvalue weighted by molar-refractivity contribution is 0.470. The molecule has 0 fully saturated rings. The zero-order valence-electron chi connectivity index (χ0n) is 52.3. The first-order chi connectivity index (χ1) is 40.8. The molecule has 0 saturated heterocycles. The van der Waals surface area contributed by atoms with Crippen molar-refractivity contribution in [1.29, 1.82) is 0 Å². The molecule has 3 heteroatoms. The first-order valence-electron chi connectivity index (χ1n) is 34.2. The van der Waals surface area contributed by atoms with Crippen LogP contribution in [0.1, 0.15) is 255 Å². The minimum atomic E-state index is 0.211. The Hall–Kier alpha value is -5.80. The normalized spacial score (nSPS) is 11.8. The molecule has 0 bridgehead atoms. The van der Waals surface area contributed by atoms with Gasteiger partial charge in [-0.3, -0.25) is 0 Å². The van der Waals surface area contributed by atoms with Gasteiger partial charge in [0.2, 0.25) is 0 Å². The van der Waals surface area contributed by atoms with E-state index in [4.69, 9.17) is 4.42 Å². The van der Waals surface area contributed by atoms with Gasteiger partial charge >= 0.3 is 0 Å². The van der Waals surface area contributed by atoms with Crippen LogP contribution in [-0.2, 0) is 25.7 Å². The van der Waals surface area contributed by atoms with Crippen molar-refractivity contribution in [3.05, 3.63) is 144 Å². The van der Waals surface area contributed by atoms with Gasteiger partial charge in [-0.05, 0) is 165 Å². The Morgan fingerprint density at radius 2 is 0.482 bits per heavy atom. The summed E-state index contributed by atoms with van der Waals surface area (Å²) in [6.45, 7) is 9.12. The minimum absolute atomic E-state index is 0.211. The molecule has 2 N–H and O–H groups in total. The Balaban J connectivity index is 0.000000217. The third kappa shape index (κ3) is 19.6. The Bertz CT molecular complexity index is 3130. The van der Waals surface area contributed by atoms with Crippen molar-refractivity contribution in [1.82, 2.24) is 0 Å². The lowest BCUT2D eigenvalue weighted by Crippen LogP contribution is -1.89. The summed E-state index contributed by atoms with van der Waals surface area (Å²) in [6, 6.07) is 44.2. The summed E-state index contributed by atoms with van der Waals surface area (Å²) < 4.78 is 6.38. The fraction of sp³-hybridized carbons (Fsp3) is 0.500. The second kappa shape index (κ2) is 34.8. The van der Waals surface area contributed by atoms with Crippen LogP contribution in [0.3, 0.4) is 0 Å². The van der Waals surface area contributed by atoms with Crippen molar-refractivity contribution in [3.63, 3.8) is 0 Å². The van der Waals surface area contributed by atoms with Crippen molar-refractivity contribution in [2.24, 2.45) is 0 Å². The van der Waals surface area contributed by atoms with Crippen molar-refractivity contribution >= 4 is 65.0 Å². The number of hydrogen-bond donors (Lipinski definition) is 2. The van der Waals surface area contributed by atoms with E-state index in [-0.39, 0.29) is 11.5 Å². The van der Waals surface area contributed by atoms with Crippen LogP contribution in [0.2, 0.25) is 0 Å². The van der Waals surface area contributed by atoms with E-state index in [1.165, 1.54) is 273 Å². The predicted molar refractivity (Wildman–Crippen MR) is 364 cm³/mol. The molecule has 0 saturated carbocycles. The van der Waals surface area contributed by atoms with Crippen molar-refractivity contribution in [3.8, 4) is 22.6 Å². The summed E-state index contributed by atoms with van der Waals surface area (Å²) in [4.78, 5) is 0. The second-order valence-corrected chi connectivity index (χ2v) is 25.2. The molecule has 83 heavy (non-hydrogen) atoms. The van der Waals surface area contributed by atoms with Crippen molar-refractivity contribution in [2.75, 3.05) is 0 Å². The molecule has 0 radical (unpaired) electrons. The number of unbranched alkanes of at least 4 members (excludes halogenated alkanes) is 28. The molecular formula is C80H106O3. The van der Waals surface area contributed by atoms with Gasteiger partial charge in [0.25, 0.3) is 0 Å². The molecule has 1 heterocycles. The lowest BCUT2D eigenvalue weighted by atomic mass is 9.94. The summed E-state index contributed by atoms with van der Waals surface area (Å²) in [5, 5.41) is 34.0. The average Bonchev–Trinajstić information content (AvgIpc) is 3.34. The summed E-state index contributed by atoms with van der Waals surface area (Å²) >= 11 is 0. The van der Waals surface area contributed by atoms with Gasteiger partial charge in [-0.1, -0.05) is 280 Å². The van der Waals surface area contributed by atoms with Gasteiger partial charge in [-0.2, -0.15) is 0 Å². The number of rotatable bonds is 37. The summed E-state index contributed by atoms with van der Waals surface area (Å²) in [7, 11) is 0. The minimum Gasteiger partial charge on any atom is -0.507 e. The molecule has 9 aromatic rings. The highest BCUT2D eigenvalue weighted by atomic mass is 16.3. The highest BCUT2D eigenvalue weighted by Crippen LogP contribution is 2.41. The van der Waals surface area contributed by atoms with Crippen molar-refractivity contribution < 1.29 is 14.6 Å². The largest absolute Gasteiger partial charge is 0.507 e. The predicted octanol–water partition coefficient (Wildman–Crippen LogP) is 25.7. The quantitative estimate of drug-likeness (QED) is 0.0382. The van der Waals surface area contributed by atoms with E-state index in [1.807, 2.05) is 24.3 Å². The van der Waals surface area contributed by atoms with Crippen molar-refractivity contribution in [2.45, 2.75) is 259 Å². The molecule has 0 spiro atoms. The first-order valence-corrected chi connectivity index (χ1v) is 34.2. The number of benzene rings is 8. The third-order valence-corrected chi connectivity index (χ3v) is 18.1. The summed E-state index contributed by atoms with van der Waals surface area (Å²) in [5.74, 6) is 0.422. The maximum Gasteiger partial charge on any atom is 0.136 e. The van der Waals surface area contributed by atoms with Crippen LogP contribution in [0.4, 0.5) is 0 Å². The first kappa shape index (κ1) is 63.2. The van der Waals surface area contributed by atoms with Gasteiger partial charge in [-0.15, -0.1) is 0 Å². The standard InChI is InChI=1S/C40H54O2.C40H52O/c1-3-5-7-9-11-13-15-17-19-31-21-23-33-29-39(41)37(27-35(33)25-31)38-28-36-26-32(22-24-34(36)30-40(38)42)20-18-16-14-12-10-8-6-4-2;1-3-5-7-9-11-13-15-17-19-31-21-23-33-29-39-37(27-35(33)25-31)38-28-36-26-32(22-24-34(36)30-40(38)41-39)20-18-16-14-12-10-8-6-4-2/h21-30,41-42H,3-20H2,1-2H3;21-30H,3-20H2,1-2H3. The fourth-order valence-electron chi connectivity index (χ4n) is 12.9. The van der Waals surface area contributed by atoms with Crippen LogP contribution in [0.25, 0.3) is 76.2 Å². The smallest absolute Gasteiger partial charge is 0.136 e. The number of hydrogen-bond acceptors (Lipinski definition) is 3. The van der Waals surface area contributed by atoms with E-state index < -0.39 is 0 Å². The Kier molecular flexibility index (Phi) is 26.5. The van der Waals surface area contributed by atoms with Gasteiger partial charge in [0.05, 0.1) is 0 Å². The van der Waals surface area contributed by atoms with Crippen LogP contribution in [0.15, 0.2) is 126 Å². The van der Waals surface area contributed by atoms with Gasteiger partial charge in [0.1, 0.15) is 22.7 Å². The lowest BCUT2D eigenvalue weighted by Gasteiger charge is -2.12. The molecule has 444 valence electrons. The summed E-state index contributed by atoms with van der Waals surface area (Å²) in [6.07, 6.45) is 47.7. The summed E-state index contributed by atoms with van der Waals surface area (Å²) in [5.41, 5.74) is 9.00. The molecule has 8 aromatic carbocycles. The third-order valence-electron chi connectivity index (χ3n) is 18.1. The van der Waals surface area contributed by atoms with Crippen LogP contribution in [0.5, 0.6) is 11.5 Å². The second-order valence-electron chi connectivity index (χ2n) is 25.2. The van der Waals surface area contributed by atoms with E-state index in [0.717, 1.165) is 45.6 Å². The molecule has 0 aliphatic carbocycles. The molecule has 0 aliphatic heterocycles. The van der Waals surface area contributed by atoms with Gasteiger partial charge in [0, 0.05) is 21.9 Å². The van der Waals surface area contributed by atoms with E-state index in [2.05, 4.69) is 125 Å². The number of phenolic OH excluding ortho intramolecular Hbond substituents is 2. The van der Waals surface area contributed by atoms with Crippen LogP contribution >= 0.6 is 0 Å². The Morgan fingerprint density at radius 1 is 0.241 bits per heavy atom. The molecule has 0 aliphatic rings. The molecule has 9 rings (SSSR count). The number of aromatic hydroxyl groups is 2. The maximum atomic E-state index is 11.0. The van der Waals surface area contributed by atoms with Gasteiger partial charge < -0.3 is 14.6 Å². The number of phenols is 2. The highest BCUT2D eigenvalue weighted by Gasteiger charge is 2.15. The van der Waals surface area contributed by atoms with Gasteiger partial charge in [-0.25, -0.2) is 0 Å². The van der Waals surface area contributed by atoms with E-state index in [0.29, 0.717) is 11.1 Å². The zero-order valence-corrected chi connectivity index (χ0v) is 52.3. The average molecular weight is 1120 g/mol. The van der Waals surface area contributed by atoms with Crippen LogP contribution < -0.4 is 0 Å². The van der Waals surface area contributed by atoms with E-state index in [9.17, 15) is 10.2 Å². The maximum absolute atomic E-state index is 11.0. The SMILES string of the molecule is CCCCCCCCCCc1ccc2cc(O)c(-c3cc4cc(CCCCCCCCCC)ccc4cc3O)cc2c1.CCCCCCCCCCc1ccc2cc3oc4cc5ccc(CCCCCCCCCC)cc5cc4c3cc2c1. The number of aryl methyl sites for hydroxylation is 4. The Labute approximate surface area is 502 Å². The fourth-order valence-corrected chi connectivity index (χ4v) is 12.9. The van der Waals surface area contributed by atoms with Crippen LogP contribution in [0, 0.1) is 0 Å².